The topological polar surface area (TPSA) is 58.9 Å². The standard InChI is InChI=1S/C18H17BrCl2N4O2/c1-10-16(19)25-8-4-5-14(17(25)23-10)27-9-11-12(20)6-7-13(15(11)21)24(3)18(26)22-2/h4-8H,9H2,1-3H3,(H,22,26). The van der Waals surface area contributed by atoms with E-state index in [9.17, 15) is 4.79 Å². The highest BCUT2D eigenvalue weighted by Gasteiger charge is 2.18. The van der Waals surface area contributed by atoms with Crippen LogP contribution in [0.4, 0.5) is 10.5 Å². The molecule has 0 unspecified atom stereocenters. The molecule has 0 bridgehead atoms. The van der Waals surface area contributed by atoms with Crippen LogP contribution in [0.1, 0.15) is 11.3 Å². The monoisotopic (exact) mass is 470 g/mol. The molecular weight excluding hydrogens is 455 g/mol. The van der Waals surface area contributed by atoms with E-state index in [2.05, 4.69) is 26.2 Å². The minimum atomic E-state index is -0.284. The molecule has 3 aromatic rings. The zero-order chi connectivity index (χ0) is 19.7. The van der Waals surface area contributed by atoms with Crippen LogP contribution in [0, 0.1) is 6.92 Å². The number of carbonyl (C=O) groups excluding carboxylic acids is 1. The Morgan fingerprint density at radius 2 is 2.11 bits per heavy atom. The summed E-state index contributed by atoms with van der Waals surface area (Å²) in [5, 5.41) is 3.38. The van der Waals surface area contributed by atoms with Gasteiger partial charge >= 0.3 is 6.03 Å². The number of nitrogens with one attached hydrogen (secondary N) is 1. The van der Waals surface area contributed by atoms with E-state index in [4.69, 9.17) is 27.9 Å². The highest BCUT2D eigenvalue weighted by molar-refractivity contribution is 9.10. The third kappa shape index (κ3) is 3.72. The number of aromatic nitrogens is 2. The summed E-state index contributed by atoms with van der Waals surface area (Å²) in [7, 11) is 3.18. The first-order valence-electron chi connectivity index (χ1n) is 8.03. The number of hydrogen-bond acceptors (Lipinski definition) is 3. The number of ether oxygens (including phenoxy) is 1. The normalized spacial score (nSPS) is 10.9. The highest BCUT2D eigenvalue weighted by atomic mass is 79.9. The number of rotatable bonds is 4. The number of pyridine rings is 1. The minimum Gasteiger partial charge on any atom is -0.485 e. The fraction of sp³-hybridized carbons (Fsp3) is 0.222. The molecule has 6 nitrogen and oxygen atoms in total. The van der Waals surface area contributed by atoms with Crippen LogP contribution in [0.5, 0.6) is 5.75 Å². The first kappa shape index (κ1) is 19.8. The van der Waals surface area contributed by atoms with Gasteiger partial charge in [0.25, 0.3) is 0 Å². The van der Waals surface area contributed by atoms with Crippen molar-refractivity contribution >= 4 is 56.5 Å². The summed E-state index contributed by atoms with van der Waals surface area (Å²) in [6, 6.07) is 6.80. The number of hydrogen-bond donors (Lipinski definition) is 1. The molecule has 0 aliphatic rings. The molecule has 0 saturated heterocycles. The highest BCUT2D eigenvalue weighted by Crippen LogP contribution is 2.35. The van der Waals surface area contributed by atoms with Crippen LogP contribution in [0.2, 0.25) is 10.0 Å². The van der Waals surface area contributed by atoms with Gasteiger partial charge in [-0.25, -0.2) is 9.78 Å². The lowest BCUT2D eigenvalue weighted by Crippen LogP contribution is -2.35. The molecule has 0 aliphatic heterocycles. The third-order valence-electron chi connectivity index (χ3n) is 4.13. The first-order chi connectivity index (χ1) is 12.8. The number of nitrogens with zero attached hydrogens (tertiary/aromatic N) is 3. The Kier molecular flexibility index (Phi) is 5.83. The Labute approximate surface area is 175 Å². The van der Waals surface area contributed by atoms with E-state index in [1.54, 1.807) is 26.2 Å². The number of fused-ring (bicyclic) bond motifs is 1. The van der Waals surface area contributed by atoms with Gasteiger partial charge in [-0.1, -0.05) is 23.2 Å². The molecule has 0 fully saturated rings. The maximum atomic E-state index is 11.9. The Morgan fingerprint density at radius 1 is 1.37 bits per heavy atom. The second-order valence-corrected chi connectivity index (χ2v) is 7.35. The quantitative estimate of drug-likeness (QED) is 0.578. The smallest absolute Gasteiger partial charge is 0.321 e. The van der Waals surface area contributed by atoms with Crippen molar-refractivity contribution in [3.05, 3.63) is 56.4 Å². The van der Waals surface area contributed by atoms with Crippen molar-refractivity contribution in [1.29, 1.82) is 0 Å². The van der Waals surface area contributed by atoms with Gasteiger partial charge in [0.1, 0.15) is 11.2 Å². The number of aryl methyl sites for hydroxylation is 1. The van der Waals surface area contributed by atoms with Crippen molar-refractivity contribution in [2.75, 3.05) is 19.0 Å². The van der Waals surface area contributed by atoms with Crippen LogP contribution in [0.3, 0.4) is 0 Å². The Balaban J connectivity index is 1.93. The number of anilines is 1. The van der Waals surface area contributed by atoms with Crippen molar-refractivity contribution in [3.8, 4) is 5.75 Å². The summed E-state index contributed by atoms with van der Waals surface area (Å²) in [6.07, 6.45) is 1.89. The largest absolute Gasteiger partial charge is 0.485 e. The van der Waals surface area contributed by atoms with Crippen LogP contribution in [-0.4, -0.2) is 29.5 Å². The van der Waals surface area contributed by atoms with Gasteiger partial charge in [-0.15, -0.1) is 0 Å². The number of carbonyl (C=O) groups is 1. The molecule has 2 heterocycles. The van der Waals surface area contributed by atoms with Crippen LogP contribution < -0.4 is 15.0 Å². The zero-order valence-corrected chi connectivity index (χ0v) is 18.0. The summed E-state index contributed by atoms with van der Waals surface area (Å²) >= 11 is 16.3. The summed E-state index contributed by atoms with van der Waals surface area (Å²) < 4.78 is 8.73. The fourth-order valence-corrected chi connectivity index (χ4v) is 3.62. The summed E-state index contributed by atoms with van der Waals surface area (Å²) in [5.74, 6) is 0.600. The lowest BCUT2D eigenvalue weighted by molar-refractivity contribution is 0.249. The molecule has 3 rings (SSSR count). The number of halogens is 3. The van der Waals surface area contributed by atoms with Gasteiger partial charge in [-0.2, -0.15) is 0 Å². The van der Waals surface area contributed by atoms with Crippen LogP contribution >= 0.6 is 39.1 Å². The maximum absolute atomic E-state index is 11.9. The number of amides is 2. The molecule has 27 heavy (non-hydrogen) atoms. The van der Waals surface area contributed by atoms with Crippen molar-refractivity contribution in [3.63, 3.8) is 0 Å². The Morgan fingerprint density at radius 3 is 2.81 bits per heavy atom. The van der Waals surface area contributed by atoms with E-state index in [-0.39, 0.29) is 12.6 Å². The number of urea groups is 1. The fourth-order valence-electron chi connectivity index (χ4n) is 2.64. The van der Waals surface area contributed by atoms with Gasteiger partial charge in [0, 0.05) is 30.9 Å². The molecule has 9 heteroatoms. The molecule has 0 spiro atoms. The average Bonchev–Trinajstić information content (AvgIpc) is 2.95. The van der Waals surface area contributed by atoms with E-state index in [0.717, 1.165) is 10.3 Å². The van der Waals surface area contributed by atoms with Crippen LogP contribution in [0.15, 0.2) is 35.1 Å². The Bertz CT molecular complexity index is 1020. The molecule has 1 aromatic carbocycles. The van der Waals surface area contributed by atoms with Gasteiger partial charge in [-0.05, 0) is 47.1 Å². The summed E-state index contributed by atoms with van der Waals surface area (Å²) in [5.41, 5.74) is 2.68. The lowest BCUT2D eigenvalue weighted by atomic mass is 10.2. The van der Waals surface area contributed by atoms with Crippen molar-refractivity contribution in [1.82, 2.24) is 14.7 Å². The van der Waals surface area contributed by atoms with Crippen molar-refractivity contribution < 1.29 is 9.53 Å². The second kappa shape index (κ2) is 7.96. The molecule has 0 radical (unpaired) electrons. The van der Waals surface area contributed by atoms with E-state index in [1.165, 1.54) is 4.90 Å². The Hall–Kier alpha value is -1.96. The lowest BCUT2D eigenvalue weighted by Gasteiger charge is -2.20. The summed E-state index contributed by atoms with van der Waals surface area (Å²) in [4.78, 5) is 17.8. The van der Waals surface area contributed by atoms with E-state index < -0.39 is 0 Å². The minimum absolute atomic E-state index is 0.135. The number of benzene rings is 1. The van der Waals surface area contributed by atoms with Crippen LogP contribution in [0.25, 0.3) is 5.65 Å². The zero-order valence-electron chi connectivity index (χ0n) is 14.9. The van der Waals surface area contributed by atoms with Gasteiger partial charge in [-0.3, -0.25) is 9.30 Å². The molecule has 2 aromatic heterocycles. The summed E-state index contributed by atoms with van der Waals surface area (Å²) in [6.45, 7) is 2.04. The predicted molar refractivity (Wildman–Crippen MR) is 111 cm³/mol. The van der Waals surface area contributed by atoms with Gasteiger partial charge in [0.15, 0.2) is 11.4 Å². The molecule has 142 valence electrons. The molecular formula is C18H17BrCl2N4O2. The second-order valence-electron chi connectivity index (χ2n) is 5.82. The van der Waals surface area contributed by atoms with E-state index >= 15 is 0 Å². The van der Waals surface area contributed by atoms with Crippen LogP contribution in [-0.2, 0) is 6.61 Å². The average molecular weight is 472 g/mol. The third-order valence-corrected chi connectivity index (χ3v) is 5.86. The molecule has 0 saturated carbocycles. The molecule has 0 aliphatic carbocycles. The number of imidazole rings is 1. The van der Waals surface area contributed by atoms with Crippen molar-refractivity contribution in [2.45, 2.75) is 13.5 Å². The molecule has 2 amide bonds. The van der Waals surface area contributed by atoms with Gasteiger partial charge < -0.3 is 10.1 Å². The van der Waals surface area contributed by atoms with E-state index in [1.807, 2.05) is 29.7 Å². The van der Waals surface area contributed by atoms with Gasteiger partial charge in [0.05, 0.1) is 16.4 Å². The van der Waals surface area contributed by atoms with Crippen molar-refractivity contribution in [2.24, 2.45) is 0 Å². The van der Waals surface area contributed by atoms with E-state index in [0.29, 0.717) is 32.7 Å². The molecule has 1 N–H and O–H groups in total. The molecule has 0 atom stereocenters. The SMILES string of the molecule is CNC(=O)N(C)c1ccc(Cl)c(COc2cccn3c(Br)c(C)nc23)c1Cl. The predicted octanol–water partition coefficient (Wildman–Crippen LogP) is 5.07. The maximum Gasteiger partial charge on any atom is 0.321 e. The first-order valence-corrected chi connectivity index (χ1v) is 9.58. The van der Waals surface area contributed by atoms with Gasteiger partial charge in [0.2, 0.25) is 0 Å².